The summed E-state index contributed by atoms with van der Waals surface area (Å²) in [5.74, 6) is -0.538. The van der Waals surface area contributed by atoms with Crippen LogP contribution in [0.5, 0.6) is 0 Å². The van der Waals surface area contributed by atoms with Gasteiger partial charge in [0.2, 0.25) is 5.91 Å². The molecule has 146 valence electrons. The summed E-state index contributed by atoms with van der Waals surface area (Å²) in [4.78, 5) is 33.1. The van der Waals surface area contributed by atoms with Crippen LogP contribution in [0.3, 0.4) is 0 Å². The Morgan fingerprint density at radius 1 is 1.00 bits per heavy atom. The highest BCUT2D eigenvalue weighted by Crippen LogP contribution is 2.27. The highest BCUT2D eigenvalue weighted by molar-refractivity contribution is 5.94. The lowest BCUT2D eigenvalue weighted by molar-refractivity contribution is -0.135. The molecule has 1 aliphatic carbocycles. The van der Waals surface area contributed by atoms with Gasteiger partial charge in [0.1, 0.15) is 5.82 Å². The number of amides is 2. The van der Waals surface area contributed by atoms with Crippen LogP contribution in [0.1, 0.15) is 34.3 Å². The molecular weight excluding hydrogens is 357 g/mol. The molecule has 0 N–H and O–H groups in total. The first kappa shape index (κ1) is 18.6. The lowest BCUT2D eigenvalue weighted by atomic mass is 9.83. The third-order valence-corrected chi connectivity index (χ3v) is 5.74. The molecule has 6 heteroatoms. The third-order valence-electron chi connectivity index (χ3n) is 5.74. The maximum absolute atomic E-state index is 13.4. The molecule has 0 saturated carbocycles. The highest BCUT2D eigenvalue weighted by atomic mass is 19.1. The van der Waals surface area contributed by atoms with E-state index in [1.54, 1.807) is 4.90 Å². The molecule has 1 unspecified atom stereocenters. The number of rotatable bonds is 2. The SMILES string of the molecule is O=C(c1cncc(F)c1)N1CCCN(C(=O)C2CCc3ccccc3C2)CC1. The van der Waals surface area contributed by atoms with Crippen LogP contribution in [-0.4, -0.2) is 52.8 Å². The lowest BCUT2D eigenvalue weighted by Gasteiger charge is -2.29. The predicted molar refractivity (Wildman–Crippen MR) is 103 cm³/mol. The van der Waals surface area contributed by atoms with Crippen molar-refractivity contribution in [1.82, 2.24) is 14.8 Å². The van der Waals surface area contributed by atoms with E-state index >= 15 is 0 Å². The highest BCUT2D eigenvalue weighted by Gasteiger charge is 2.30. The lowest BCUT2D eigenvalue weighted by Crippen LogP contribution is -2.41. The minimum absolute atomic E-state index is 0.0181. The fraction of sp³-hybridized carbons (Fsp3) is 0.409. The Kier molecular flexibility index (Phi) is 5.37. The molecule has 1 atom stereocenters. The van der Waals surface area contributed by atoms with Crippen LogP contribution in [0.4, 0.5) is 4.39 Å². The largest absolute Gasteiger partial charge is 0.341 e. The van der Waals surface area contributed by atoms with E-state index in [0.717, 1.165) is 31.9 Å². The number of carbonyl (C=O) groups excluding carboxylic acids is 2. The molecule has 0 radical (unpaired) electrons. The molecule has 4 rings (SSSR count). The molecular formula is C22H24FN3O2. The minimum Gasteiger partial charge on any atom is -0.341 e. The van der Waals surface area contributed by atoms with Crippen molar-refractivity contribution >= 4 is 11.8 Å². The van der Waals surface area contributed by atoms with Gasteiger partial charge >= 0.3 is 0 Å². The molecule has 1 saturated heterocycles. The van der Waals surface area contributed by atoms with E-state index in [0.29, 0.717) is 26.2 Å². The fourth-order valence-electron chi connectivity index (χ4n) is 4.22. The minimum atomic E-state index is -0.518. The molecule has 2 heterocycles. The van der Waals surface area contributed by atoms with Gasteiger partial charge in [0, 0.05) is 38.3 Å². The number of fused-ring (bicyclic) bond motifs is 1. The van der Waals surface area contributed by atoms with Gasteiger partial charge in [-0.25, -0.2) is 4.39 Å². The number of aryl methyl sites for hydroxylation is 1. The van der Waals surface area contributed by atoms with Crippen LogP contribution in [0.2, 0.25) is 0 Å². The Morgan fingerprint density at radius 2 is 1.75 bits per heavy atom. The average Bonchev–Trinajstić information content (AvgIpc) is 2.98. The summed E-state index contributed by atoms with van der Waals surface area (Å²) in [6.07, 6.45) is 5.81. The second kappa shape index (κ2) is 8.09. The third kappa shape index (κ3) is 3.91. The summed E-state index contributed by atoms with van der Waals surface area (Å²) in [6, 6.07) is 9.55. The van der Waals surface area contributed by atoms with Crippen LogP contribution in [-0.2, 0) is 17.6 Å². The Morgan fingerprint density at radius 3 is 2.57 bits per heavy atom. The zero-order chi connectivity index (χ0) is 19.5. The quantitative estimate of drug-likeness (QED) is 0.804. The zero-order valence-electron chi connectivity index (χ0n) is 15.8. The number of halogens is 1. The van der Waals surface area contributed by atoms with E-state index in [9.17, 15) is 14.0 Å². The van der Waals surface area contributed by atoms with Gasteiger partial charge in [-0.2, -0.15) is 0 Å². The van der Waals surface area contributed by atoms with Crippen LogP contribution in [0.15, 0.2) is 42.7 Å². The molecule has 0 spiro atoms. The number of carbonyl (C=O) groups is 2. The van der Waals surface area contributed by atoms with Crippen molar-refractivity contribution in [3.63, 3.8) is 0 Å². The van der Waals surface area contributed by atoms with E-state index in [2.05, 4.69) is 23.2 Å². The van der Waals surface area contributed by atoms with Crippen molar-refractivity contribution in [2.24, 2.45) is 5.92 Å². The van der Waals surface area contributed by atoms with Crippen molar-refractivity contribution in [3.05, 3.63) is 65.2 Å². The molecule has 1 aromatic heterocycles. The van der Waals surface area contributed by atoms with Gasteiger partial charge < -0.3 is 9.80 Å². The molecule has 2 aliphatic rings. The molecule has 1 aromatic carbocycles. The Balaban J connectivity index is 1.39. The van der Waals surface area contributed by atoms with Crippen molar-refractivity contribution < 1.29 is 14.0 Å². The van der Waals surface area contributed by atoms with Crippen LogP contribution < -0.4 is 0 Å². The molecule has 28 heavy (non-hydrogen) atoms. The summed E-state index contributed by atoms with van der Waals surface area (Å²) in [5, 5.41) is 0. The molecule has 1 aliphatic heterocycles. The van der Waals surface area contributed by atoms with Crippen LogP contribution >= 0.6 is 0 Å². The predicted octanol–water partition coefficient (Wildman–Crippen LogP) is 2.70. The van der Waals surface area contributed by atoms with E-state index < -0.39 is 5.82 Å². The first-order chi connectivity index (χ1) is 13.6. The summed E-state index contributed by atoms with van der Waals surface area (Å²) in [7, 11) is 0. The second-order valence-electron chi connectivity index (χ2n) is 7.57. The summed E-state index contributed by atoms with van der Waals surface area (Å²) in [6.45, 7) is 2.20. The molecule has 1 fully saturated rings. The van der Waals surface area contributed by atoms with Crippen molar-refractivity contribution in [2.45, 2.75) is 25.7 Å². The van der Waals surface area contributed by atoms with Gasteiger partial charge in [-0.3, -0.25) is 14.6 Å². The van der Waals surface area contributed by atoms with E-state index in [1.165, 1.54) is 23.4 Å². The summed E-state index contributed by atoms with van der Waals surface area (Å²) < 4.78 is 13.4. The number of pyridine rings is 1. The summed E-state index contributed by atoms with van der Waals surface area (Å²) >= 11 is 0. The monoisotopic (exact) mass is 381 g/mol. The van der Waals surface area contributed by atoms with E-state index in [-0.39, 0.29) is 23.3 Å². The van der Waals surface area contributed by atoms with Gasteiger partial charge in [0.15, 0.2) is 0 Å². The maximum Gasteiger partial charge on any atom is 0.255 e. The zero-order valence-corrected chi connectivity index (χ0v) is 15.8. The molecule has 5 nitrogen and oxygen atoms in total. The molecule has 0 bridgehead atoms. The molecule has 2 aromatic rings. The van der Waals surface area contributed by atoms with Gasteiger partial charge in [-0.15, -0.1) is 0 Å². The normalized spacial score (nSPS) is 19.7. The summed E-state index contributed by atoms with van der Waals surface area (Å²) in [5.41, 5.74) is 2.88. The standard InChI is InChI=1S/C22H24FN3O2/c23-20-13-19(14-24-15-20)22(28)26-9-3-8-25(10-11-26)21(27)18-7-6-16-4-1-2-5-17(16)12-18/h1-2,4-5,13-15,18H,3,6-12H2. The number of hydrogen-bond donors (Lipinski definition) is 0. The molecule has 2 amide bonds. The topological polar surface area (TPSA) is 53.5 Å². The van der Waals surface area contributed by atoms with Gasteiger partial charge in [-0.05, 0) is 42.9 Å². The Hall–Kier alpha value is -2.76. The van der Waals surface area contributed by atoms with Crippen molar-refractivity contribution in [3.8, 4) is 0 Å². The van der Waals surface area contributed by atoms with Crippen LogP contribution in [0.25, 0.3) is 0 Å². The van der Waals surface area contributed by atoms with Crippen LogP contribution in [0, 0.1) is 11.7 Å². The van der Waals surface area contributed by atoms with Gasteiger partial charge in [0.05, 0.1) is 11.8 Å². The Bertz CT molecular complexity index is 886. The Labute approximate surface area is 164 Å². The van der Waals surface area contributed by atoms with E-state index in [4.69, 9.17) is 0 Å². The average molecular weight is 381 g/mol. The number of aromatic nitrogens is 1. The maximum atomic E-state index is 13.4. The van der Waals surface area contributed by atoms with Gasteiger partial charge in [0.25, 0.3) is 5.91 Å². The number of nitrogens with zero attached hydrogens (tertiary/aromatic N) is 3. The van der Waals surface area contributed by atoms with E-state index in [1.807, 2.05) is 11.0 Å². The van der Waals surface area contributed by atoms with Crippen molar-refractivity contribution in [1.29, 1.82) is 0 Å². The second-order valence-corrected chi connectivity index (χ2v) is 7.57. The van der Waals surface area contributed by atoms with Gasteiger partial charge in [-0.1, -0.05) is 24.3 Å². The first-order valence-corrected chi connectivity index (χ1v) is 9.87. The number of benzene rings is 1. The first-order valence-electron chi connectivity index (χ1n) is 9.87. The number of hydrogen-bond acceptors (Lipinski definition) is 3. The van der Waals surface area contributed by atoms with Crippen molar-refractivity contribution in [2.75, 3.05) is 26.2 Å². The smallest absolute Gasteiger partial charge is 0.255 e. The fourth-order valence-corrected chi connectivity index (χ4v) is 4.22.